The van der Waals surface area contributed by atoms with Crippen molar-refractivity contribution >= 4 is 21.8 Å². The number of hydrogen-bond acceptors (Lipinski definition) is 2. The third-order valence-electron chi connectivity index (χ3n) is 8.76. The van der Waals surface area contributed by atoms with Crippen LogP contribution in [0, 0.1) is 20.8 Å². The Morgan fingerprint density at radius 3 is 1.67 bits per heavy atom. The van der Waals surface area contributed by atoms with Gasteiger partial charge in [0.15, 0.2) is 5.82 Å². The lowest BCUT2D eigenvalue weighted by Crippen LogP contribution is -2.00. The molecule has 0 N–H and O–H groups in total. The maximum absolute atomic E-state index is 4.85. The standard InChI is InChI=1S/C43H33N3/c1-28-18-20-42-39(22-28)37-16-10-11-17-40(37)46(42)41-21-19-33(43-44-29(2)23-30(3)45-43)27-38(41)36-25-34(31-12-6-4-7-13-31)24-35(26-36)32-14-8-5-9-15-32/h4-27H,1-3H3. The molecule has 0 unspecified atom stereocenters. The minimum absolute atomic E-state index is 0.741. The smallest absolute Gasteiger partial charge is 0.159 e. The number of benzene rings is 6. The topological polar surface area (TPSA) is 30.7 Å². The van der Waals surface area contributed by atoms with E-state index < -0.39 is 0 Å². The van der Waals surface area contributed by atoms with Crippen LogP contribution in [-0.2, 0) is 0 Å². The molecule has 0 aliphatic carbocycles. The molecular formula is C43H33N3. The monoisotopic (exact) mass is 591 g/mol. The average Bonchev–Trinajstić information content (AvgIpc) is 3.41. The summed E-state index contributed by atoms with van der Waals surface area (Å²) in [6.07, 6.45) is 0. The highest BCUT2D eigenvalue weighted by Gasteiger charge is 2.19. The third-order valence-corrected chi connectivity index (χ3v) is 8.76. The van der Waals surface area contributed by atoms with Gasteiger partial charge in [0.25, 0.3) is 0 Å². The fraction of sp³-hybridized carbons (Fsp3) is 0.0698. The van der Waals surface area contributed by atoms with Crippen LogP contribution in [0.15, 0.2) is 146 Å². The van der Waals surface area contributed by atoms with Crippen molar-refractivity contribution in [3.8, 4) is 50.5 Å². The van der Waals surface area contributed by atoms with Crippen molar-refractivity contribution < 1.29 is 0 Å². The van der Waals surface area contributed by atoms with E-state index in [4.69, 9.17) is 9.97 Å². The Bertz CT molecular complexity index is 2310. The first-order valence-electron chi connectivity index (χ1n) is 15.7. The van der Waals surface area contributed by atoms with E-state index in [9.17, 15) is 0 Å². The molecule has 6 aromatic carbocycles. The minimum atomic E-state index is 0.741. The molecule has 0 fully saturated rings. The second-order valence-corrected chi connectivity index (χ2v) is 12.1. The maximum atomic E-state index is 4.85. The Kier molecular flexibility index (Phi) is 6.80. The van der Waals surface area contributed by atoms with Gasteiger partial charge >= 0.3 is 0 Å². The fourth-order valence-electron chi connectivity index (χ4n) is 6.68. The Morgan fingerprint density at radius 2 is 1.00 bits per heavy atom. The van der Waals surface area contributed by atoms with E-state index >= 15 is 0 Å². The van der Waals surface area contributed by atoms with Crippen molar-refractivity contribution in [3.63, 3.8) is 0 Å². The molecule has 0 saturated carbocycles. The summed E-state index contributed by atoms with van der Waals surface area (Å²) in [6.45, 7) is 6.22. The van der Waals surface area contributed by atoms with Crippen molar-refractivity contribution in [3.05, 3.63) is 163 Å². The Balaban J connectivity index is 1.46. The highest BCUT2D eigenvalue weighted by molar-refractivity contribution is 6.10. The van der Waals surface area contributed by atoms with Gasteiger partial charge in [0.2, 0.25) is 0 Å². The molecule has 2 aromatic heterocycles. The van der Waals surface area contributed by atoms with Crippen LogP contribution < -0.4 is 0 Å². The van der Waals surface area contributed by atoms with Crippen LogP contribution in [-0.4, -0.2) is 14.5 Å². The summed E-state index contributed by atoms with van der Waals surface area (Å²) >= 11 is 0. The van der Waals surface area contributed by atoms with Crippen molar-refractivity contribution in [2.75, 3.05) is 0 Å². The largest absolute Gasteiger partial charge is 0.309 e. The lowest BCUT2D eigenvalue weighted by molar-refractivity contribution is 1.06. The van der Waals surface area contributed by atoms with Crippen LogP contribution in [0.25, 0.3) is 72.3 Å². The van der Waals surface area contributed by atoms with Gasteiger partial charge in [-0.25, -0.2) is 9.97 Å². The van der Waals surface area contributed by atoms with Crippen LogP contribution in [0.2, 0.25) is 0 Å². The zero-order valence-electron chi connectivity index (χ0n) is 26.2. The van der Waals surface area contributed by atoms with Gasteiger partial charge in [0.05, 0.1) is 16.7 Å². The van der Waals surface area contributed by atoms with Crippen LogP contribution in [0.1, 0.15) is 17.0 Å². The van der Waals surface area contributed by atoms with E-state index in [-0.39, 0.29) is 0 Å². The molecule has 0 radical (unpaired) electrons. The summed E-state index contributed by atoms with van der Waals surface area (Å²) in [5.41, 5.74) is 14.6. The van der Waals surface area contributed by atoms with Gasteiger partial charge in [-0.3, -0.25) is 0 Å². The lowest BCUT2D eigenvalue weighted by Gasteiger charge is -2.18. The molecule has 0 aliphatic heterocycles. The van der Waals surface area contributed by atoms with Crippen molar-refractivity contribution in [2.45, 2.75) is 20.8 Å². The van der Waals surface area contributed by atoms with Gasteiger partial charge in [-0.1, -0.05) is 90.5 Å². The first kappa shape index (κ1) is 27.7. The molecule has 3 nitrogen and oxygen atoms in total. The quantitative estimate of drug-likeness (QED) is 0.199. The van der Waals surface area contributed by atoms with E-state index in [1.165, 1.54) is 49.6 Å². The van der Waals surface area contributed by atoms with Crippen molar-refractivity contribution in [1.29, 1.82) is 0 Å². The molecule has 220 valence electrons. The Labute approximate surface area is 269 Å². The van der Waals surface area contributed by atoms with Gasteiger partial charge < -0.3 is 4.57 Å². The predicted octanol–water partition coefficient (Wildman–Crippen LogP) is 11.2. The molecule has 2 heterocycles. The number of fused-ring (bicyclic) bond motifs is 3. The normalized spacial score (nSPS) is 11.4. The third kappa shape index (κ3) is 4.96. The highest BCUT2D eigenvalue weighted by atomic mass is 15.0. The van der Waals surface area contributed by atoms with Crippen LogP contribution in [0.5, 0.6) is 0 Å². The molecular weight excluding hydrogens is 558 g/mol. The second kappa shape index (κ2) is 11.3. The second-order valence-electron chi connectivity index (χ2n) is 12.1. The molecule has 8 rings (SSSR count). The van der Waals surface area contributed by atoms with E-state index in [2.05, 4.69) is 151 Å². The van der Waals surface area contributed by atoms with Gasteiger partial charge in [0, 0.05) is 33.3 Å². The first-order valence-corrected chi connectivity index (χ1v) is 15.7. The van der Waals surface area contributed by atoms with Gasteiger partial charge in [0.1, 0.15) is 0 Å². The summed E-state index contributed by atoms with van der Waals surface area (Å²) in [7, 11) is 0. The van der Waals surface area contributed by atoms with Gasteiger partial charge in [-0.05, 0) is 109 Å². The highest BCUT2D eigenvalue weighted by Crippen LogP contribution is 2.40. The zero-order valence-corrected chi connectivity index (χ0v) is 26.2. The molecule has 8 aromatic rings. The van der Waals surface area contributed by atoms with Crippen LogP contribution >= 0.6 is 0 Å². The molecule has 46 heavy (non-hydrogen) atoms. The number of aryl methyl sites for hydroxylation is 3. The summed E-state index contributed by atoms with van der Waals surface area (Å²) in [6, 6.07) is 52.4. The van der Waals surface area contributed by atoms with E-state index in [1.54, 1.807) is 0 Å². The van der Waals surface area contributed by atoms with Gasteiger partial charge in [-0.15, -0.1) is 0 Å². The molecule has 0 atom stereocenters. The van der Waals surface area contributed by atoms with E-state index in [1.807, 2.05) is 19.9 Å². The van der Waals surface area contributed by atoms with E-state index in [0.717, 1.165) is 39.6 Å². The fourth-order valence-corrected chi connectivity index (χ4v) is 6.68. The van der Waals surface area contributed by atoms with E-state index in [0.29, 0.717) is 0 Å². The number of hydrogen-bond donors (Lipinski definition) is 0. The Morgan fingerprint density at radius 1 is 0.413 bits per heavy atom. The van der Waals surface area contributed by atoms with Crippen LogP contribution in [0.3, 0.4) is 0 Å². The van der Waals surface area contributed by atoms with Crippen molar-refractivity contribution in [1.82, 2.24) is 14.5 Å². The molecule has 0 amide bonds. The van der Waals surface area contributed by atoms with Crippen LogP contribution in [0.4, 0.5) is 0 Å². The SMILES string of the molecule is Cc1ccc2c(c1)c1ccccc1n2-c1ccc(-c2nc(C)cc(C)n2)cc1-c1cc(-c2ccccc2)cc(-c2ccccc2)c1. The van der Waals surface area contributed by atoms with Gasteiger partial charge in [-0.2, -0.15) is 0 Å². The summed E-state index contributed by atoms with van der Waals surface area (Å²) in [4.78, 5) is 9.71. The zero-order chi connectivity index (χ0) is 31.2. The number of para-hydroxylation sites is 1. The van der Waals surface area contributed by atoms with Crippen molar-refractivity contribution in [2.24, 2.45) is 0 Å². The molecule has 3 heteroatoms. The molecule has 0 spiro atoms. The maximum Gasteiger partial charge on any atom is 0.159 e. The molecule has 0 aliphatic rings. The molecule has 0 bridgehead atoms. The number of aromatic nitrogens is 3. The number of nitrogens with zero attached hydrogens (tertiary/aromatic N) is 3. The first-order chi connectivity index (χ1) is 22.5. The molecule has 0 saturated heterocycles. The number of rotatable bonds is 5. The average molecular weight is 592 g/mol. The predicted molar refractivity (Wildman–Crippen MR) is 192 cm³/mol. The lowest BCUT2D eigenvalue weighted by atomic mass is 9.92. The minimum Gasteiger partial charge on any atom is -0.309 e. The summed E-state index contributed by atoms with van der Waals surface area (Å²) < 4.78 is 2.42. The summed E-state index contributed by atoms with van der Waals surface area (Å²) in [5, 5.41) is 2.50. The Hall–Kier alpha value is -5.80. The summed E-state index contributed by atoms with van der Waals surface area (Å²) in [5.74, 6) is 0.741.